The number of rotatable bonds is 0. The molecular formula is C15H13B. The molecule has 0 fully saturated rings. The largest absolute Gasteiger partial charge is 0.0828 e. The highest BCUT2D eigenvalue weighted by atomic mass is 14.3. The Bertz CT molecular complexity index is 518. The summed E-state index contributed by atoms with van der Waals surface area (Å²) in [4.78, 5) is 0. The maximum absolute atomic E-state index is 6.30. The highest BCUT2D eigenvalue weighted by Gasteiger charge is 2.26. The van der Waals surface area contributed by atoms with Crippen LogP contribution in [0.1, 0.15) is 28.1 Å². The molecule has 1 aliphatic rings. The maximum Gasteiger partial charge on any atom is 0.0828 e. The van der Waals surface area contributed by atoms with Crippen LogP contribution in [0.3, 0.4) is 0 Å². The summed E-state index contributed by atoms with van der Waals surface area (Å²) in [6.45, 7) is 4.32. The monoisotopic (exact) mass is 204 g/mol. The first-order chi connectivity index (χ1) is 7.70. The minimum Gasteiger partial charge on any atom is -0.0617 e. The molecule has 1 heteroatoms. The van der Waals surface area contributed by atoms with Crippen molar-refractivity contribution < 1.29 is 0 Å². The van der Waals surface area contributed by atoms with Gasteiger partial charge in [-0.1, -0.05) is 36.4 Å². The second kappa shape index (κ2) is 3.25. The van der Waals surface area contributed by atoms with Crippen LogP contribution in [0.4, 0.5) is 0 Å². The van der Waals surface area contributed by atoms with E-state index in [2.05, 4.69) is 50.2 Å². The summed E-state index contributed by atoms with van der Waals surface area (Å²) in [6.07, 6.45) is 0. The van der Waals surface area contributed by atoms with Crippen molar-refractivity contribution in [2.75, 3.05) is 0 Å². The molecule has 76 valence electrons. The molecule has 0 heterocycles. The van der Waals surface area contributed by atoms with Gasteiger partial charge >= 0.3 is 0 Å². The third kappa shape index (κ3) is 1.12. The van der Waals surface area contributed by atoms with Crippen molar-refractivity contribution in [2.24, 2.45) is 0 Å². The normalized spacial score (nSPS) is 13.6. The fourth-order valence-corrected chi connectivity index (χ4v) is 2.75. The number of hydrogen-bond donors (Lipinski definition) is 0. The predicted molar refractivity (Wildman–Crippen MR) is 68.9 cm³/mol. The summed E-state index contributed by atoms with van der Waals surface area (Å²) >= 11 is 0. The van der Waals surface area contributed by atoms with E-state index < -0.39 is 0 Å². The van der Waals surface area contributed by atoms with E-state index in [0.29, 0.717) is 0 Å². The second-order valence-corrected chi connectivity index (χ2v) is 4.56. The molecular weight excluding hydrogens is 191 g/mol. The molecule has 0 saturated carbocycles. The summed E-state index contributed by atoms with van der Waals surface area (Å²) in [7, 11) is 6.30. The van der Waals surface area contributed by atoms with Crippen molar-refractivity contribution in [3.8, 4) is 11.1 Å². The van der Waals surface area contributed by atoms with Crippen LogP contribution in [0.2, 0.25) is 0 Å². The smallest absolute Gasteiger partial charge is 0.0617 e. The summed E-state index contributed by atoms with van der Waals surface area (Å²) < 4.78 is 0. The van der Waals surface area contributed by atoms with Crippen molar-refractivity contribution in [1.82, 2.24) is 0 Å². The Labute approximate surface area is 97.7 Å². The van der Waals surface area contributed by atoms with Crippen LogP contribution in [0, 0.1) is 13.8 Å². The van der Waals surface area contributed by atoms with Gasteiger partial charge < -0.3 is 0 Å². The van der Waals surface area contributed by atoms with Crippen LogP contribution >= 0.6 is 0 Å². The Balaban J connectivity index is 2.43. The number of benzene rings is 2. The first-order valence-electron chi connectivity index (χ1n) is 5.65. The van der Waals surface area contributed by atoms with Gasteiger partial charge in [-0.2, -0.15) is 0 Å². The van der Waals surface area contributed by atoms with Crippen LogP contribution in [-0.4, -0.2) is 7.85 Å². The molecule has 0 spiro atoms. The molecule has 0 amide bonds. The standard InChI is InChI=1S/C15H13B/c1-9-5-3-7-11-13(9)14-10(2)6-4-8-12(14)15(11)16/h3-8,15H,1-2H3. The lowest BCUT2D eigenvalue weighted by Gasteiger charge is -2.07. The lowest BCUT2D eigenvalue weighted by molar-refractivity contribution is 1.19. The van der Waals surface area contributed by atoms with Gasteiger partial charge in [-0.15, -0.1) is 0 Å². The van der Waals surface area contributed by atoms with Gasteiger partial charge in [0, 0.05) is 0 Å². The third-order valence-corrected chi connectivity index (χ3v) is 3.53. The average Bonchev–Trinajstić information content (AvgIpc) is 2.56. The highest BCUT2D eigenvalue weighted by Crippen LogP contribution is 2.46. The SMILES string of the molecule is [B]C1c2cccc(C)c2-c2c(C)cccc21. The predicted octanol–water partition coefficient (Wildman–Crippen LogP) is 3.54. The molecule has 0 N–H and O–H groups in total. The van der Waals surface area contributed by atoms with Crippen molar-refractivity contribution >= 4 is 7.85 Å². The zero-order chi connectivity index (χ0) is 11.3. The van der Waals surface area contributed by atoms with Gasteiger partial charge in [0.25, 0.3) is 0 Å². The fraction of sp³-hybridized carbons (Fsp3) is 0.200. The van der Waals surface area contributed by atoms with E-state index in [9.17, 15) is 0 Å². The van der Waals surface area contributed by atoms with E-state index in [-0.39, 0.29) is 5.82 Å². The summed E-state index contributed by atoms with van der Waals surface area (Å²) in [5.41, 5.74) is 7.88. The van der Waals surface area contributed by atoms with Gasteiger partial charge in [-0.25, -0.2) is 0 Å². The maximum atomic E-state index is 6.30. The van der Waals surface area contributed by atoms with E-state index in [1.54, 1.807) is 0 Å². The van der Waals surface area contributed by atoms with Gasteiger partial charge in [0.05, 0.1) is 7.85 Å². The van der Waals surface area contributed by atoms with E-state index in [0.717, 1.165) is 0 Å². The summed E-state index contributed by atoms with van der Waals surface area (Å²) in [5, 5.41) is 0. The summed E-state index contributed by atoms with van der Waals surface area (Å²) in [5.74, 6) is 0.0461. The zero-order valence-electron chi connectivity index (χ0n) is 9.62. The quantitative estimate of drug-likeness (QED) is 0.575. The third-order valence-electron chi connectivity index (χ3n) is 3.53. The molecule has 0 aromatic heterocycles. The van der Waals surface area contributed by atoms with Crippen LogP contribution in [0.15, 0.2) is 36.4 Å². The fourth-order valence-electron chi connectivity index (χ4n) is 2.75. The molecule has 3 rings (SSSR count). The Hall–Kier alpha value is -1.50. The van der Waals surface area contributed by atoms with Gasteiger partial charge in [-0.3, -0.25) is 0 Å². The Kier molecular flexibility index (Phi) is 1.97. The van der Waals surface area contributed by atoms with Crippen molar-refractivity contribution in [3.05, 3.63) is 58.7 Å². The Morgan fingerprint density at radius 2 is 1.25 bits per heavy atom. The molecule has 2 aromatic rings. The number of fused-ring (bicyclic) bond motifs is 3. The Morgan fingerprint density at radius 3 is 1.69 bits per heavy atom. The molecule has 0 aliphatic heterocycles. The van der Waals surface area contributed by atoms with Crippen LogP contribution in [0.25, 0.3) is 11.1 Å². The lowest BCUT2D eigenvalue weighted by Crippen LogP contribution is -1.94. The van der Waals surface area contributed by atoms with Gasteiger partial charge in [0.2, 0.25) is 0 Å². The van der Waals surface area contributed by atoms with Crippen molar-refractivity contribution in [2.45, 2.75) is 19.7 Å². The van der Waals surface area contributed by atoms with E-state index in [1.807, 2.05) is 0 Å². The zero-order valence-corrected chi connectivity index (χ0v) is 9.62. The molecule has 16 heavy (non-hydrogen) atoms. The van der Waals surface area contributed by atoms with Gasteiger partial charge in [0.15, 0.2) is 0 Å². The molecule has 1 aliphatic carbocycles. The molecule has 0 saturated heterocycles. The van der Waals surface area contributed by atoms with E-state index >= 15 is 0 Å². The highest BCUT2D eigenvalue weighted by molar-refractivity contribution is 6.17. The van der Waals surface area contributed by atoms with Crippen LogP contribution < -0.4 is 0 Å². The number of hydrogen-bond acceptors (Lipinski definition) is 0. The minimum absolute atomic E-state index is 0.0461. The average molecular weight is 204 g/mol. The number of aryl methyl sites for hydroxylation is 2. The lowest BCUT2D eigenvalue weighted by atomic mass is 9.79. The summed E-state index contributed by atoms with van der Waals surface area (Å²) in [6, 6.07) is 12.8. The van der Waals surface area contributed by atoms with E-state index in [4.69, 9.17) is 7.85 Å². The van der Waals surface area contributed by atoms with E-state index in [1.165, 1.54) is 33.4 Å². The van der Waals surface area contributed by atoms with Crippen molar-refractivity contribution in [1.29, 1.82) is 0 Å². The van der Waals surface area contributed by atoms with Crippen molar-refractivity contribution in [3.63, 3.8) is 0 Å². The molecule has 0 unspecified atom stereocenters. The first kappa shape index (κ1) is 9.71. The molecule has 0 atom stereocenters. The Morgan fingerprint density at radius 1 is 0.812 bits per heavy atom. The van der Waals surface area contributed by atoms with Gasteiger partial charge in [0.1, 0.15) is 0 Å². The van der Waals surface area contributed by atoms with Gasteiger partial charge in [-0.05, 0) is 53.0 Å². The second-order valence-electron chi connectivity index (χ2n) is 4.56. The minimum atomic E-state index is 0.0461. The topological polar surface area (TPSA) is 0 Å². The first-order valence-corrected chi connectivity index (χ1v) is 5.65. The molecule has 0 bridgehead atoms. The molecule has 2 aromatic carbocycles. The van der Waals surface area contributed by atoms with Crippen LogP contribution in [0.5, 0.6) is 0 Å². The molecule has 0 nitrogen and oxygen atoms in total. The molecule has 2 radical (unpaired) electrons. The van der Waals surface area contributed by atoms with Crippen LogP contribution in [-0.2, 0) is 0 Å².